The number of para-hydroxylation sites is 1. The summed E-state index contributed by atoms with van der Waals surface area (Å²) >= 11 is 0. The number of nitrogens with two attached hydrogens (primary N) is 3. The highest BCUT2D eigenvalue weighted by atomic mass is 16.3. The summed E-state index contributed by atoms with van der Waals surface area (Å²) in [5, 5.41) is 16.9. The lowest BCUT2D eigenvalue weighted by Crippen LogP contribution is -2.57. The summed E-state index contributed by atoms with van der Waals surface area (Å²) in [7, 11) is 1.00. The van der Waals surface area contributed by atoms with E-state index in [1.54, 1.807) is 36.4 Å². The number of hydrogen-bond acceptors (Lipinski definition) is 8. The van der Waals surface area contributed by atoms with Crippen LogP contribution in [0.3, 0.4) is 0 Å². The molecule has 250 valence electrons. The van der Waals surface area contributed by atoms with Gasteiger partial charge in [0.05, 0.1) is 5.70 Å². The lowest BCUT2D eigenvalue weighted by atomic mass is 9.50. The number of phenols is 1. The largest absolute Gasteiger partial charge is 0.507 e. The minimum absolute atomic E-state index is 0.106. The van der Waals surface area contributed by atoms with Crippen molar-refractivity contribution >= 4 is 12.0 Å². The molecule has 3 aliphatic rings. The van der Waals surface area contributed by atoms with Crippen molar-refractivity contribution in [2.45, 2.75) is 64.3 Å². The Labute approximate surface area is 276 Å². The summed E-state index contributed by atoms with van der Waals surface area (Å²) in [5.74, 6) is 1.40. The van der Waals surface area contributed by atoms with Gasteiger partial charge >= 0.3 is 0 Å². The summed E-state index contributed by atoms with van der Waals surface area (Å²) in [6, 6.07) is 16.8. The highest BCUT2D eigenvalue weighted by Gasteiger charge is 2.54. The van der Waals surface area contributed by atoms with E-state index in [2.05, 4.69) is 42.7 Å². The van der Waals surface area contributed by atoms with E-state index in [1.165, 1.54) is 69.0 Å². The Morgan fingerprint density at radius 3 is 2.17 bits per heavy atom. The number of piperidine rings is 1. The van der Waals surface area contributed by atoms with Crippen LogP contribution in [0.1, 0.15) is 68.1 Å². The maximum Gasteiger partial charge on any atom is 0.124 e. The first-order valence-electron chi connectivity index (χ1n) is 16.4. The monoisotopic (exact) mass is 629 g/mol. The molecule has 5 rings (SSSR count). The van der Waals surface area contributed by atoms with Gasteiger partial charge in [0.25, 0.3) is 0 Å². The number of benzene rings is 2. The zero-order valence-corrected chi connectivity index (χ0v) is 27.9. The molecule has 8 N–H and O–H groups in total. The molecule has 1 heterocycles. The number of likely N-dealkylation sites (tertiary alicyclic amines) is 1. The van der Waals surface area contributed by atoms with Gasteiger partial charge in [-0.25, -0.2) is 0 Å². The summed E-state index contributed by atoms with van der Waals surface area (Å²) < 4.78 is 0. The van der Waals surface area contributed by atoms with Gasteiger partial charge < -0.3 is 42.0 Å². The van der Waals surface area contributed by atoms with E-state index in [0.29, 0.717) is 41.4 Å². The smallest absolute Gasteiger partial charge is 0.124 e. The molecule has 46 heavy (non-hydrogen) atoms. The number of carbonyl (C=O) groups is 1. The highest BCUT2D eigenvalue weighted by Crippen LogP contribution is 2.59. The number of carbonyl (C=O) groups excluding carboxylic acids is 1. The summed E-state index contributed by atoms with van der Waals surface area (Å²) in [5.41, 5.74) is 22.7. The van der Waals surface area contributed by atoms with Crippen molar-refractivity contribution < 1.29 is 15.0 Å². The van der Waals surface area contributed by atoms with E-state index in [9.17, 15) is 9.90 Å². The molecule has 2 aromatic carbocycles. The molecule has 0 bridgehead atoms. The van der Waals surface area contributed by atoms with Gasteiger partial charge in [-0.2, -0.15) is 0 Å². The van der Waals surface area contributed by atoms with Gasteiger partial charge in [-0.1, -0.05) is 60.2 Å². The standard InChI is InChI=1S/C20H27NO.C17H24N4O.CH4O/c1-15-2-4-17(5-3-15)18-6-8-21(9-7-18)19-12-20(13-19)10-16(11-20)14-22;1-3-5-11-21(10-4-2)15(17(19)20)12-14(18)13-8-6-7-9-16(13)22;1-2/h2-5,14,16,18-19H,6-13H2,1H3;3-9,12,22H,2,10-11,18-20H2,1H3;2H,1H3/b;5-3-,14-12-;. The van der Waals surface area contributed by atoms with Crippen molar-refractivity contribution in [1.29, 1.82) is 0 Å². The summed E-state index contributed by atoms with van der Waals surface area (Å²) in [4.78, 5) is 15.4. The lowest BCUT2D eigenvalue weighted by molar-refractivity contribution is -0.130. The minimum atomic E-state index is 0.106. The molecule has 1 spiro atoms. The third-order valence-corrected chi connectivity index (χ3v) is 9.57. The Morgan fingerprint density at radius 2 is 1.63 bits per heavy atom. The first-order valence-corrected chi connectivity index (χ1v) is 16.4. The van der Waals surface area contributed by atoms with E-state index >= 15 is 0 Å². The van der Waals surface area contributed by atoms with E-state index < -0.39 is 0 Å². The predicted octanol–water partition coefficient (Wildman–Crippen LogP) is 5.38. The molecule has 0 aromatic heterocycles. The Hall–Kier alpha value is -4.01. The van der Waals surface area contributed by atoms with Crippen molar-refractivity contribution in [3.05, 3.63) is 108 Å². The van der Waals surface area contributed by atoms with E-state index in [-0.39, 0.29) is 11.6 Å². The van der Waals surface area contributed by atoms with Crippen LogP contribution in [0.2, 0.25) is 0 Å². The van der Waals surface area contributed by atoms with Gasteiger partial charge in [0.1, 0.15) is 17.9 Å². The molecule has 2 saturated carbocycles. The minimum Gasteiger partial charge on any atom is -0.507 e. The quantitative estimate of drug-likeness (QED) is 0.134. The first kappa shape index (κ1) is 36.5. The third-order valence-electron chi connectivity index (χ3n) is 9.57. The molecule has 1 aliphatic heterocycles. The Kier molecular flexibility index (Phi) is 14.0. The SMILES string of the molecule is C=CCN(C/C=C\C)C(/C=C(\N)c1ccccc1O)=C(N)N.CO.Cc1ccc(C2CCN(C3CC4(CC(C=O)C4)C3)CC2)cc1. The molecule has 2 aliphatic carbocycles. The van der Waals surface area contributed by atoms with Gasteiger partial charge in [0.15, 0.2) is 0 Å². The molecule has 8 nitrogen and oxygen atoms in total. The second-order valence-corrected chi connectivity index (χ2v) is 12.8. The van der Waals surface area contributed by atoms with Gasteiger partial charge in [-0.15, -0.1) is 6.58 Å². The van der Waals surface area contributed by atoms with Crippen LogP contribution in [0.25, 0.3) is 5.70 Å². The normalized spacial score (nSPS) is 22.7. The number of phenolic OH excluding ortho intramolecular Hbond substituents is 1. The molecule has 3 fully saturated rings. The van der Waals surface area contributed by atoms with Crippen LogP contribution in [-0.2, 0) is 4.79 Å². The highest BCUT2D eigenvalue weighted by molar-refractivity contribution is 5.70. The van der Waals surface area contributed by atoms with E-state index in [0.717, 1.165) is 19.1 Å². The number of allylic oxidation sites excluding steroid dienone is 2. The summed E-state index contributed by atoms with van der Waals surface area (Å²) in [6.07, 6.45) is 16.2. The Bertz CT molecular complexity index is 1340. The van der Waals surface area contributed by atoms with Crippen molar-refractivity contribution in [2.75, 3.05) is 33.3 Å². The number of rotatable bonds is 10. The summed E-state index contributed by atoms with van der Waals surface area (Å²) in [6.45, 7) is 11.6. The molecule has 1 saturated heterocycles. The maximum absolute atomic E-state index is 10.8. The van der Waals surface area contributed by atoms with E-state index in [4.69, 9.17) is 22.3 Å². The number of hydrogen-bond donors (Lipinski definition) is 5. The van der Waals surface area contributed by atoms with Crippen molar-refractivity contribution in [3.8, 4) is 5.75 Å². The molecule has 8 heteroatoms. The number of aromatic hydroxyl groups is 1. The van der Waals surface area contributed by atoms with Crippen LogP contribution in [0.15, 0.2) is 90.9 Å². The molecule has 0 radical (unpaired) electrons. The fourth-order valence-corrected chi connectivity index (χ4v) is 7.08. The van der Waals surface area contributed by atoms with Crippen LogP contribution in [0.4, 0.5) is 0 Å². The fraction of sp³-hybridized carbons (Fsp3) is 0.447. The van der Waals surface area contributed by atoms with Crippen LogP contribution >= 0.6 is 0 Å². The van der Waals surface area contributed by atoms with Crippen molar-refractivity contribution in [2.24, 2.45) is 28.5 Å². The third kappa shape index (κ3) is 9.50. The predicted molar refractivity (Wildman–Crippen MR) is 189 cm³/mol. The maximum atomic E-state index is 10.8. The van der Waals surface area contributed by atoms with Crippen molar-refractivity contribution in [3.63, 3.8) is 0 Å². The number of aliphatic hydroxyl groups is 1. The van der Waals surface area contributed by atoms with Gasteiger partial charge in [-0.05, 0) is 101 Å². The molecule has 0 amide bonds. The van der Waals surface area contributed by atoms with Crippen LogP contribution in [-0.4, -0.2) is 65.6 Å². The van der Waals surface area contributed by atoms with Gasteiger partial charge in [0.2, 0.25) is 0 Å². The van der Waals surface area contributed by atoms with Gasteiger partial charge in [0, 0.05) is 43.4 Å². The Balaban J connectivity index is 0.000000238. The molecular weight excluding hydrogens is 574 g/mol. The fourth-order valence-electron chi connectivity index (χ4n) is 7.08. The molecule has 0 atom stereocenters. The first-order chi connectivity index (χ1) is 22.2. The number of aliphatic hydroxyl groups excluding tert-OH is 1. The molecule has 2 aromatic rings. The van der Waals surface area contributed by atoms with Crippen LogP contribution in [0.5, 0.6) is 5.75 Å². The topological polar surface area (TPSA) is 142 Å². The molecule has 0 unspecified atom stereocenters. The van der Waals surface area contributed by atoms with Gasteiger partial charge in [-0.3, -0.25) is 0 Å². The second-order valence-electron chi connectivity index (χ2n) is 12.8. The average Bonchev–Trinajstić information content (AvgIpc) is 3.03. The number of nitrogens with zero attached hydrogens (tertiary/aromatic N) is 2. The lowest BCUT2D eigenvalue weighted by Gasteiger charge is -2.59. The van der Waals surface area contributed by atoms with E-state index in [1.807, 2.05) is 24.0 Å². The van der Waals surface area contributed by atoms with Crippen molar-refractivity contribution in [1.82, 2.24) is 9.80 Å². The Morgan fingerprint density at radius 1 is 1.00 bits per heavy atom. The zero-order valence-electron chi connectivity index (χ0n) is 27.9. The zero-order chi connectivity index (χ0) is 33.7. The average molecular weight is 630 g/mol. The number of aryl methyl sites for hydroxylation is 1. The van der Waals surface area contributed by atoms with Crippen LogP contribution in [0, 0.1) is 18.3 Å². The second kappa shape index (κ2) is 17.6. The molecular formula is C38H55N5O3. The van der Waals surface area contributed by atoms with Crippen LogP contribution < -0.4 is 17.2 Å². The number of aldehydes is 1.